The van der Waals surface area contributed by atoms with E-state index in [2.05, 4.69) is 28.3 Å². The molecule has 1 aromatic rings. The average Bonchev–Trinajstić information content (AvgIpc) is 2.46. The second-order valence-corrected chi connectivity index (χ2v) is 5.30. The highest BCUT2D eigenvalue weighted by molar-refractivity contribution is 5.30. The zero-order valence-electron chi connectivity index (χ0n) is 12.6. The summed E-state index contributed by atoms with van der Waals surface area (Å²) in [6, 6.07) is 1.88. The maximum atomic E-state index is 5.57. The number of anilines is 1. The lowest BCUT2D eigenvalue weighted by Crippen LogP contribution is -2.09. The quantitative estimate of drug-likeness (QED) is 0.767. The van der Waals surface area contributed by atoms with Gasteiger partial charge >= 0.3 is 0 Å². The SMILES string of the molecule is CCCOc1cc(C)nc(NCCC2=CCCCC2)n1. The third-order valence-corrected chi connectivity index (χ3v) is 3.40. The van der Waals surface area contributed by atoms with Gasteiger partial charge in [0.05, 0.1) is 6.61 Å². The second-order valence-electron chi connectivity index (χ2n) is 5.30. The summed E-state index contributed by atoms with van der Waals surface area (Å²) in [5.41, 5.74) is 2.50. The fourth-order valence-electron chi connectivity index (χ4n) is 2.37. The summed E-state index contributed by atoms with van der Waals surface area (Å²) in [5, 5.41) is 3.31. The smallest absolute Gasteiger partial charge is 0.226 e. The highest BCUT2D eigenvalue weighted by Crippen LogP contribution is 2.20. The van der Waals surface area contributed by atoms with Gasteiger partial charge in [0.2, 0.25) is 11.8 Å². The molecule has 0 spiro atoms. The molecule has 0 amide bonds. The van der Waals surface area contributed by atoms with Crippen LogP contribution in [-0.2, 0) is 0 Å². The van der Waals surface area contributed by atoms with E-state index in [1.807, 2.05) is 13.0 Å². The molecule has 4 nitrogen and oxygen atoms in total. The van der Waals surface area contributed by atoms with Crippen LogP contribution in [0, 0.1) is 6.92 Å². The van der Waals surface area contributed by atoms with E-state index >= 15 is 0 Å². The Kier molecular flexibility index (Phi) is 5.84. The molecule has 0 aromatic carbocycles. The Morgan fingerprint density at radius 3 is 2.95 bits per heavy atom. The van der Waals surface area contributed by atoms with Gasteiger partial charge in [0.15, 0.2) is 0 Å². The summed E-state index contributed by atoms with van der Waals surface area (Å²) in [7, 11) is 0. The Labute approximate surface area is 121 Å². The number of nitrogens with one attached hydrogen (secondary N) is 1. The van der Waals surface area contributed by atoms with E-state index in [1.54, 1.807) is 5.57 Å². The summed E-state index contributed by atoms with van der Waals surface area (Å²) in [6.07, 6.45) is 9.63. The fraction of sp³-hybridized carbons (Fsp3) is 0.625. The Balaban J connectivity index is 1.85. The van der Waals surface area contributed by atoms with Crippen molar-refractivity contribution in [2.75, 3.05) is 18.5 Å². The van der Waals surface area contributed by atoms with Gasteiger partial charge in [0, 0.05) is 18.3 Å². The summed E-state index contributed by atoms with van der Waals surface area (Å²) in [6.45, 7) is 5.64. The van der Waals surface area contributed by atoms with Gasteiger partial charge in [-0.25, -0.2) is 4.98 Å². The van der Waals surface area contributed by atoms with Crippen molar-refractivity contribution in [1.82, 2.24) is 9.97 Å². The largest absolute Gasteiger partial charge is 0.478 e. The number of ether oxygens (including phenoxy) is 1. The van der Waals surface area contributed by atoms with Crippen LogP contribution in [0.25, 0.3) is 0 Å². The van der Waals surface area contributed by atoms with Gasteiger partial charge in [-0.05, 0) is 45.4 Å². The van der Waals surface area contributed by atoms with Crippen molar-refractivity contribution in [2.24, 2.45) is 0 Å². The lowest BCUT2D eigenvalue weighted by atomic mass is 9.97. The summed E-state index contributed by atoms with van der Waals surface area (Å²) in [4.78, 5) is 8.79. The molecule has 20 heavy (non-hydrogen) atoms. The van der Waals surface area contributed by atoms with E-state index in [1.165, 1.54) is 25.7 Å². The standard InChI is InChI=1S/C16H25N3O/c1-3-11-20-15-12-13(2)18-16(19-15)17-10-9-14-7-5-4-6-8-14/h7,12H,3-6,8-11H2,1-2H3,(H,17,18,19). The molecule has 0 atom stereocenters. The first kappa shape index (κ1) is 14.8. The number of nitrogens with zero attached hydrogens (tertiary/aromatic N) is 2. The van der Waals surface area contributed by atoms with Crippen LogP contribution in [0.4, 0.5) is 5.95 Å². The van der Waals surface area contributed by atoms with Crippen LogP contribution < -0.4 is 10.1 Å². The average molecular weight is 275 g/mol. The summed E-state index contributed by atoms with van der Waals surface area (Å²) >= 11 is 0. The zero-order chi connectivity index (χ0) is 14.2. The van der Waals surface area contributed by atoms with Crippen molar-refractivity contribution in [3.05, 3.63) is 23.4 Å². The molecule has 110 valence electrons. The maximum absolute atomic E-state index is 5.57. The van der Waals surface area contributed by atoms with Crippen molar-refractivity contribution in [3.8, 4) is 5.88 Å². The van der Waals surface area contributed by atoms with Gasteiger partial charge in [-0.3, -0.25) is 0 Å². The van der Waals surface area contributed by atoms with E-state index in [-0.39, 0.29) is 0 Å². The van der Waals surface area contributed by atoms with Crippen molar-refractivity contribution in [1.29, 1.82) is 0 Å². The van der Waals surface area contributed by atoms with E-state index in [9.17, 15) is 0 Å². The van der Waals surface area contributed by atoms with Crippen molar-refractivity contribution in [3.63, 3.8) is 0 Å². The highest BCUT2D eigenvalue weighted by atomic mass is 16.5. The first-order valence-electron chi connectivity index (χ1n) is 7.68. The van der Waals surface area contributed by atoms with Crippen molar-refractivity contribution in [2.45, 2.75) is 52.4 Å². The van der Waals surface area contributed by atoms with Crippen LogP contribution in [0.5, 0.6) is 5.88 Å². The van der Waals surface area contributed by atoms with Crippen LogP contribution in [0.2, 0.25) is 0 Å². The molecule has 1 aliphatic rings. The lowest BCUT2D eigenvalue weighted by molar-refractivity contribution is 0.305. The monoisotopic (exact) mass is 275 g/mol. The predicted molar refractivity (Wildman–Crippen MR) is 82.2 cm³/mol. The minimum Gasteiger partial charge on any atom is -0.478 e. The van der Waals surface area contributed by atoms with Crippen LogP contribution in [-0.4, -0.2) is 23.1 Å². The molecular formula is C16H25N3O. The molecule has 0 saturated heterocycles. The van der Waals surface area contributed by atoms with Crippen molar-refractivity contribution < 1.29 is 4.74 Å². The molecule has 1 aromatic heterocycles. The Morgan fingerprint density at radius 1 is 1.30 bits per heavy atom. The van der Waals surface area contributed by atoms with Gasteiger partial charge in [0.25, 0.3) is 0 Å². The van der Waals surface area contributed by atoms with Crippen molar-refractivity contribution >= 4 is 5.95 Å². The van der Waals surface area contributed by atoms with Crippen LogP contribution in [0.3, 0.4) is 0 Å². The molecule has 1 heterocycles. The highest BCUT2D eigenvalue weighted by Gasteiger charge is 2.05. The van der Waals surface area contributed by atoms with E-state index < -0.39 is 0 Å². The molecule has 2 rings (SSSR count). The molecule has 1 aliphatic carbocycles. The number of allylic oxidation sites excluding steroid dienone is 1. The Hall–Kier alpha value is -1.58. The summed E-state index contributed by atoms with van der Waals surface area (Å²) < 4.78 is 5.57. The van der Waals surface area contributed by atoms with Gasteiger partial charge in [-0.1, -0.05) is 18.6 Å². The van der Waals surface area contributed by atoms with E-state index in [0.717, 1.165) is 25.1 Å². The topological polar surface area (TPSA) is 47.0 Å². The maximum Gasteiger partial charge on any atom is 0.226 e. The van der Waals surface area contributed by atoms with Crippen LogP contribution in [0.1, 0.15) is 51.1 Å². The lowest BCUT2D eigenvalue weighted by Gasteiger charge is -2.13. The molecule has 0 unspecified atom stereocenters. The van der Waals surface area contributed by atoms with E-state index in [0.29, 0.717) is 18.4 Å². The third-order valence-electron chi connectivity index (χ3n) is 3.40. The number of hydrogen-bond donors (Lipinski definition) is 1. The Bertz CT molecular complexity index is 457. The molecule has 1 N–H and O–H groups in total. The molecule has 4 heteroatoms. The number of rotatable bonds is 7. The van der Waals surface area contributed by atoms with Crippen LogP contribution in [0.15, 0.2) is 17.7 Å². The number of aryl methyl sites for hydroxylation is 1. The molecule has 0 saturated carbocycles. The number of hydrogen-bond acceptors (Lipinski definition) is 4. The molecular weight excluding hydrogens is 250 g/mol. The molecule has 0 radical (unpaired) electrons. The predicted octanol–water partition coefficient (Wildman–Crippen LogP) is 3.88. The third kappa shape index (κ3) is 4.83. The molecule has 0 fully saturated rings. The van der Waals surface area contributed by atoms with Gasteiger partial charge in [-0.15, -0.1) is 0 Å². The summed E-state index contributed by atoms with van der Waals surface area (Å²) in [5.74, 6) is 1.34. The normalized spacial score (nSPS) is 14.8. The zero-order valence-corrected chi connectivity index (χ0v) is 12.6. The molecule has 0 aliphatic heterocycles. The van der Waals surface area contributed by atoms with Gasteiger partial charge < -0.3 is 10.1 Å². The first-order chi connectivity index (χ1) is 9.78. The Morgan fingerprint density at radius 2 is 2.20 bits per heavy atom. The van der Waals surface area contributed by atoms with Gasteiger partial charge in [0.1, 0.15) is 0 Å². The minimum absolute atomic E-state index is 0.665. The molecule has 0 bridgehead atoms. The second kappa shape index (κ2) is 7.88. The number of aromatic nitrogens is 2. The van der Waals surface area contributed by atoms with Crippen LogP contribution >= 0.6 is 0 Å². The van der Waals surface area contributed by atoms with E-state index in [4.69, 9.17) is 4.74 Å². The minimum atomic E-state index is 0.665. The fourth-order valence-corrected chi connectivity index (χ4v) is 2.37. The van der Waals surface area contributed by atoms with Gasteiger partial charge in [-0.2, -0.15) is 4.98 Å². The first-order valence-corrected chi connectivity index (χ1v) is 7.68.